The molecule has 1 aromatic rings. The molecule has 1 aliphatic rings. The van der Waals surface area contributed by atoms with Gasteiger partial charge in [0.15, 0.2) is 0 Å². The first-order valence-electron chi connectivity index (χ1n) is 6.70. The molecule has 0 radical (unpaired) electrons. The maximum absolute atomic E-state index is 4.12. The molecule has 1 heterocycles. The summed E-state index contributed by atoms with van der Waals surface area (Å²) < 4.78 is 0. The van der Waals surface area contributed by atoms with Crippen LogP contribution in [0, 0.1) is 0 Å². The highest BCUT2D eigenvalue weighted by Gasteiger charge is 2.20. The van der Waals surface area contributed by atoms with E-state index in [9.17, 15) is 0 Å². The van der Waals surface area contributed by atoms with Crippen LogP contribution in [0.1, 0.15) is 31.7 Å². The highest BCUT2D eigenvalue weighted by Crippen LogP contribution is 2.18. The predicted molar refractivity (Wildman–Crippen MR) is 71.0 cm³/mol. The van der Waals surface area contributed by atoms with Crippen LogP contribution in [0.2, 0.25) is 0 Å². The zero-order valence-corrected chi connectivity index (χ0v) is 10.7. The van der Waals surface area contributed by atoms with Crippen molar-refractivity contribution in [3.05, 3.63) is 30.1 Å². The van der Waals surface area contributed by atoms with Crippen molar-refractivity contribution in [3.63, 3.8) is 0 Å². The van der Waals surface area contributed by atoms with E-state index in [0.717, 1.165) is 25.6 Å². The van der Waals surface area contributed by atoms with Gasteiger partial charge in [-0.25, -0.2) is 0 Å². The van der Waals surface area contributed by atoms with Crippen molar-refractivity contribution in [2.45, 2.75) is 44.7 Å². The Morgan fingerprint density at radius 2 is 2.35 bits per heavy atom. The molecule has 0 aliphatic heterocycles. The van der Waals surface area contributed by atoms with Crippen LogP contribution in [-0.4, -0.2) is 30.2 Å². The Bertz CT molecular complexity index is 309. The lowest BCUT2D eigenvalue weighted by atomic mass is 10.1. The van der Waals surface area contributed by atoms with Crippen molar-refractivity contribution >= 4 is 0 Å². The largest absolute Gasteiger partial charge is 0.313 e. The first-order valence-corrected chi connectivity index (χ1v) is 6.70. The van der Waals surface area contributed by atoms with Gasteiger partial charge in [0.05, 0.1) is 0 Å². The molecule has 1 aliphatic carbocycles. The molecular weight excluding hydrogens is 210 g/mol. The van der Waals surface area contributed by atoms with Crippen LogP contribution in [0.25, 0.3) is 0 Å². The SMILES string of the molecule is CC(CNC1CC1)NCCCc1cccnc1. The second-order valence-corrected chi connectivity index (χ2v) is 5.00. The molecule has 94 valence electrons. The molecule has 0 aromatic carbocycles. The summed E-state index contributed by atoms with van der Waals surface area (Å²) in [5.74, 6) is 0. The highest BCUT2D eigenvalue weighted by atomic mass is 15.0. The van der Waals surface area contributed by atoms with Crippen LogP contribution in [0.5, 0.6) is 0 Å². The summed E-state index contributed by atoms with van der Waals surface area (Å²) in [5, 5.41) is 7.10. The number of nitrogens with one attached hydrogen (secondary N) is 2. The van der Waals surface area contributed by atoms with Gasteiger partial charge in [-0.1, -0.05) is 6.07 Å². The maximum atomic E-state index is 4.12. The van der Waals surface area contributed by atoms with E-state index in [4.69, 9.17) is 0 Å². The molecular formula is C14H23N3. The van der Waals surface area contributed by atoms with Gasteiger partial charge < -0.3 is 10.6 Å². The molecule has 1 unspecified atom stereocenters. The van der Waals surface area contributed by atoms with E-state index in [1.54, 1.807) is 0 Å². The van der Waals surface area contributed by atoms with Gasteiger partial charge in [0.1, 0.15) is 0 Å². The van der Waals surface area contributed by atoms with Gasteiger partial charge in [-0.15, -0.1) is 0 Å². The Kier molecular flexibility index (Phi) is 4.95. The monoisotopic (exact) mass is 233 g/mol. The normalized spacial score (nSPS) is 17.0. The predicted octanol–water partition coefficient (Wildman–Crippen LogP) is 1.74. The lowest BCUT2D eigenvalue weighted by molar-refractivity contribution is 0.494. The number of pyridine rings is 1. The topological polar surface area (TPSA) is 37.0 Å². The fourth-order valence-corrected chi connectivity index (χ4v) is 1.89. The molecule has 3 nitrogen and oxygen atoms in total. The van der Waals surface area contributed by atoms with Crippen LogP contribution in [-0.2, 0) is 6.42 Å². The van der Waals surface area contributed by atoms with Crippen LogP contribution < -0.4 is 10.6 Å². The van der Waals surface area contributed by atoms with Gasteiger partial charge >= 0.3 is 0 Å². The molecule has 1 atom stereocenters. The van der Waals surface area contributed by atoms with Gasteiger partial charge in [0.2, 0.25) is 0 Å². The zero-order chi connectivity index (χ0) is 11.9. The van der Waals surface area contributed by atoms with Gasteiger partial charge in [-0.2, -0.15) is 0 Å². The molecule has 2 rings (SSSR count). The summed E-state index contributed by atoms with van der Waals surface area (Å²) in [5.41, 5.74) is 1.33. The lowest BCUT2D eigenvalue weighted by Crippen LogP contribution is -2.37. The van der Waals surface area contributed by atoms with Crippen molar-refractivity contribution < 1.29 is 0 Å². The van der Waals surface area contributed by atoms with Gasteiger partial charge in [0.25, 0.3) is 0 Å². The smallest absolute Gasteiger partial charge is 0.0299 e. The molecule has 0 saturated heterocycles. The Labute approximate surface area is 104 Å². The Morgan fingerprint density at radius 1 is 1.47 bits per heavy atom. The molecule has 17 heavy (non-hydrogen) atoms. The number of aryl methyl sites for hydroxylation is 1. The maximum Gasteiger partial charge on any atom is 0.0299 e. The van der Waals surface area contributed by atoms with E-state index in [-0.39, 0.29) is 0 Å². The van der Waals surface area contributed by atoms with E-state index in [2.05, 4.69) is 28.6 Å². The van der Waals surface area contributed by atoms with Gasteiger partial charge in [-0.3, -0.25) is 4.98 Å². The fraction of sp³-hybridized carbons (Fsp3) is 0.643. The van der Waals surface area contributed by atoms with Crippen molar-refractivity contribution in [1.82, 2.24) is 15.6 Å². The average molecular weight is 233 g/mol. The summed E-state index contributed by atoms with van der Waals surface area (Å²) in [6, 6.07) is 5.54. The minimum absolute atomic E-state index is 0.574. The second kappa shape index (κ2) is 6.72. The molecule has 3 heteroatoms. The summed E-state index contributed by atoms with van der Waals surface area (Å²) >= 11 is 0. The van der Waals surface area contributed by atoms with Crippen molar-refractivity contribution in [1.29, 1.82) is 0 Å². The number of aromatic nitrogens is 1. The van der Waals surface area contributed by atoms with E-state index in [1.807, 2.05) is 18.5 Å². The van der Waals surface area contributed by atoms with Crippen molar-refractivity contribution in [2.24, 2.45) is 0 Å². The third kappa shape index (κ3) is 5.29. The van der Waals surface area contributed by atoms with Crippen LogP contribution >= 0.6 is 0 Å². The summed E-state index contributed by atoms with van der Waals surface area (Å²) in [7, 11) is 0. The van der Waals surface area contributed by atoms with Crippen LogP contribution in [0.4, 0.5) is 0 Å². The molecule has 0 amide bonds. The fourth-order valence-electron chi connectivity index (χ4n) is 1.89. The summed E-state index contributed by atoms with van der Waals surface area (Å²) in [6.45, 7) is 4.43. The first kappa shape index (κ1) is 12.5. The molecule has 1 fully saturated rings. The van der Waals surface area contributed by atoms with Gasteiger partial charge in [0, 0.05) is 31.0 Å². The standard InChI is InChI=1S/C14H23N3/c1-12(10-17-14-6-7-14)16-9-3-5-13-4-2-8-15-11-13/h2,4,8,11-12,14,16-17H,3,5-7,9-10H2,1H3. The van der Waals surface area contributed by atoms with E-state index < -0.39 is 0 Å². The van der Waals surface area contributed by atoms with Crippen molar-refractivity contribution in [2.75, 3.05) is 13.1 Å². The molecule has 0 bridgehead atoms. The molecule has 1 aromatic heterocycles. The summed E-state index contributed by atoms with van der Waals surface area (Å²) in [6.07, 6.45) is 8.82. The zero-order valence-electron chi connectivity index (χ0n) is 10.7. The van der Waals surface area contributed by atoms with E-state index in [1.165, 1.54) is 24.8 Å². The number of hydrogen-bond acceptors (Lipinski definition) is 3. The Morgan fingerprint density at radius 3 is 3.06 bits per heavy atom. The lowest BCUT2D eigenvalue weighted by Gasteiger charge is -2.14. The van der Waals surface area contributed by atoms with Crippen LogP contribution in [0.3, 0.4) is 0 Å². The van der Waals surface area contributed by atoms with Gasteiger partial charge in [-0.05, 0) is 50.8 Å². The second-order valence-electron chi connectivity index (χ2n) is 5.00. The van der Waals surface area contributed by atoms with E-state index >= 15 is 0 Å². The highest BCUT2D eigenvalue weighted by molar-refractivity contribution is 5.08. The third-order valence-corrected chi connectivity index (χ3v) is 3.15. The third-order valence-electron chi connectivity index (χ3n) is 3.15. The summed E-state index contributed by atoms with van der Waals surface area (Å²) in [4.78, 5) is 4.12. The number of rotatable bonds is 8. The first-order chi connectivity index (χ1) is 8.34. The molecule has 1 saturated carbocycles. The van der Waals surface area contributed by atoms with E-state index in [0.29, 0.717) is 6.04 Å². The Balaban J connectivity index is 1.50. The number of hydrogen-bond donors (Lipinski definition) is 2. The minimum Gasteiger partial charge on any atom is -0.313 e. The molecule has 2 N–H and O–H groups in total. The average Bonchev–Trinajstić information content (AvgIpc) is 3.17. The number of nitrogens with zero attached hydrogens (tertiary/aromatic N) is 1. The quantitative estimate of drug-likeness (QED) is 0.672. The molecule has 0 spiro atoms. The Hall–Kier alpha value is -0.930. The van der Waals surface area contributed by atoms with Crippen molar-refractivity contribution in [3.8, 4) is 0 Å². The van der Waals surface area contributed by atoms with Crippen LogP contribution in [0.15, 0.2) is 24.5 Å². The minimum atomic E-state index is 0.574.